The summed E-state index contributed by atoms with van der Waals surface area (Å²) in [6.07, 6.45) is 2.41. The second-order valence-corrected chi connectivity index (χ2v) is 6.89. The van der Waals surface area contributed by atoms with Crippen LogP contribution >= 0.6 is 11.6 Å². The van der Waals surface area contributed by atoms with Gasteiger partial charge in [0.1, 0.15) is 0 Å². The zero-order chi connectivity index (χ0) is 18.2. The third-order valence-corrected chi connectivity index (χ3v) is 4.54. The van der Waals surface area contributed by atoms with Crippen molar-refractivity contribution in [1.82, 2.24) is 10.2 Å². The highest BCUT2D eigenvalue weighted by Crippen LogP contribution is 2.21. The first kappa shape index (κ1) is 19.3. The van der Waals surface area contributed by atoms with E-state index < -0.39 is 0 Å². The number of hydrogen-bond acceptors (Lipinski definition) is 3. The number of nitrogens with one attached hydrogen (secondary N) is 1. The van der Waals surface area contributed by atoms with Gasteiger partial charge in [-0.15, -0.1) is 6.58 Å². The minimum Gasteiger partial charge on any atom is -0.368 e. The summed E-state index contributed by atoms with van der Waals surface area (Å²) in [5.41, 5.74) is 1.09. The van der Waals surface area contributed by atoms with Crippen molar-refractivity contribution in [3.63, 3.8) is 0 Å². The Morgan fingerprint density at radius 1 is 1.28 bits per heavy atom. The highest BCUT2D eigenvalue weighted by Gasteiger charge is 2.23. The predicted molar refractivity (Wildman–Crippen MR) is 102 cm³/mol. The van der Waals surface area contributed by atoms with Crippen LogP contribution in [0.5, 0.6) is 0 Å². The van der Waals surface area contributed by atoms with Crippen molar-refractivity contribution < 1.29 is 9.59 Å². The number of carbonyl (C=O) groups is 2. The summed E-state index contributed by atoms with van der Waals surface area (Å²) >= 11 is 6.04. The lowest BCUT2D eigenvalue weighted by atomic mass is 10.0. The lowest BCUT2D eigenvalue weighted by Crippen LogP contribution is -2.49. The molecule has 2 rings (SSSR count). The molecule has 0 spiro atoms. The summed E-state index contributed by atoms with van der Waals surface area (Å²) in [5.74, 6) is 0.115. The Bertz CT molecular complexity index is 612. The van der Waals surface area contributed by atoms with Crippen LogP contribution in [0.15, 0.2) is 36.9 Å². The van der Waals surface area contributed by atoms with E-state index in [4.69, 9.17) is 11.6 Å². The summed E-state index contributed by atoms with van der Waals surface area (Å²) in [7, 11) is 0. The maximum atomic E-state index is 12.4. The molecule has 136 valence electrons. The number of halogens is 1. The molecule has 0 radical (unpaired) electrons. The molecular weight excluding hydrogens is 338 g/mol. The van der Waals surface area contributed by atoms with Gasteiger partial charge in [0, 0.05) is 56.3 Å². The lowest BCUT2D eigenvalue weighted by Gasteiger charge is -2.36. The molecule has 0 aromatic heterocycles. The quantitative estimate of drug-likeness (QED) is 0.758. The molecule has 1 aliphatic heterocycles. The second-order valence-electron chi connectivity index (χ2n) is 6.45. The van der Waals surface area contributed by atoms with Gasteiger partial charge in [-0.25, -0.2) is 0 Å². The monoisotopic (exact) mass is 363 g/mol. The van der Waals surface area contributed by atoms with Crippen LogP contribution in [0.2, 0.25) is 5.02 Å². The molecule has 0 aliphatic carbocycles. The van der Waals surface area contributed by atoms with Crippen molar-refractivity contribution >= 4 is 29.1 Å². The molecule has 1 saturated heterocycles. The van der Waals surface area contributed by atoms with Gasteiger partial charge in [-0.05, 0) is 24.1 Å². The topological polar surface area (TPSA) is 52.7 Å². The minimum absolute atomic E-state index is 0.0308. The van der Waals surface area contributed by atoms with Crippen LogP contribution in [0.4, 0.5) is 5.69 Å². The molecule has 0 saturated carbocycles. The first-order chi connectivity index (χ1) is 12.0. The van der Waals surface area contributed by atoms with Crippen molar-refractivity contribution in [2.75, 3.05) is 37.6 Å². The normalized spacial score (nSPS) is 15.6. The lowest BCUT2D eigenvalue weighted by molar-refractivity contribution is -0.132. The van der Waals surface area contributed by atoms with Gasteiger partial charge in [0.2, 0.25) is 11.8 Å². The maximum absolute atomic E-state index is 12.4. The van der Waals surface area contributed by atoms with Crippen LogP contribution in [0, 0.1) is 5.92 Å². The Morgan fingerprint density at radius 2 is 2.00 bits per heavy atom. The molecule has 1 aromatic rings. The van der Waals surface area contributed by atoms with Crippen LogP contribution in [0.25, 0.3) is 0 Å². The molecule has 0 bridgehead atoms. The molecule has 1 aliphatic rings. The first-order valence-electron chi connectivity index (χ1n) is 8.65. The van der Waals surface area contributed by atoms with E-state index in [-0.39, 0.29) is 17.7 Å². The average Bonchev–Trinajstić information content (AvgIpc) is 2.60. The zero-order valence-corrected chi connectivity index (χ0v) is 15.5. The molecule has 6 heteroatoms. The van der Waals surface area contributed by atoms with E-state index in [1.807, 2.05) is 36.1 Å². The first-order valence-corrected chi connectivity index (χ1v) is 9.03. The summed E-state index contributed by atoms with van der Waals surface area (Å²) in [5, 5.41) is 3.47. The summed E-state index contributed by atoms with van der Waals surface area (Å²) < 4.78 is 0. The van der Waals surface area contributed by atoms with Crippen LogP contribution in [-0.4, -0.2) is 49.4 Å². The zero-order valence-electron chi connectivity index (χ0n) is 14.7. The Labute approximate surface area is 154 Å². The fourth-order valence-electron chi connectivity index (χ4n) is 2.96. The molecule has 1 atom stereocenters. The fourth-order valence-corrected chi connectivity index (χ4v) is 3.15. The van der Waals surface area contributed by atoms with Gasteiger partial charge in [0.15, 0.2) is 0 Å². The number of benzene rings is 1. The van der Waals surface area contributed by atoms with Crippen molar-refractivity contribution in [3.05, 3.63) is 41.9 Å². The molecule has 25 heavy (non-hydrogen) atoms. The van der Waals surface area contributed by atoms with E-state index in [1.165, 1.54) is 0 Å². The highest BCUT2D eigenvalue weighted by atomic mass is 35.5. The molecule has 2 amide bonds. The number of nitrogens with zero attached hydrogens (tertiary/aromatic N) is 2. The molecule has 0 unspecified atom stereocenters. The van der Waals surface area contributed by atoms with Gasteiger partial charge in [-0.3, -0.25) is 9.59 Å². The van der Waals surface area contributed by atoms with Crippen molar-refractivity contribution in [3.8, 4) is 0 Å². The smallest absolute Gasteiger partial charge is 0.222 e. The number of hydrogen-bond donors (Lipinski definition) is 1. The van der Waals surface area contributed by atoms with E-state index in [9.17, 15) is 9.59 Å². The van der Waals surface area contributed by atoms with Gasteiger partial charge in [-0.2, -0.15) is 0 Å². The summed E-state index contributed by atoms with van der Waals surface area (Å²) in [6, 6.07) is 7.78. The van der Waals surface area contributed by atoms with Gasteiger partial charge in [-0.1, -0.05) is 30.7 Å². The average molecular weight is 364 g/mol. The molecule has 1 fully saturated rings. The SMILES string of the molecule is C=CCNC(=O)C[C@@H](C)CC(=O)N1CCN(c2cccc(Cl)c2)CC1. The van der Waals surface area contributed by atoms with Crippen molar-refractivity contribution in [2.24, 2.45) is 5.92 Å². The molecule has 5 nitrogen and oxygen atoms in total. The van der Waals surface area contributed by atoms with E-state index in [1.54, 1.807) is 6.08 Å². The number of anilines is 1. The Hall–Kier alpha value is -2.01. The van der Waals surface area contributed by atoms with Gasteiger partial charge < -0.3 is 15.1 Å². The number of piperazine rings is 1. The summed E-state index contributed by atoms with van der Waals surface area (Å²) in [4.78, 5) is 28.3. The van der Waals surface area contributed by atoms with Gasteiger partial charge in [0.25, 0.3) is 0 Å². The number of carbonyl (C=O) groups excluding carboxylic acids is 2. The Kier molecular flexibility index (Phi) is 7.31. The maximum Gasteiger partial charge on any atom is 0.222 e. The molecule has 1 aromatic carbocycles. The Morgan fingerprint density at radius 3 is 2.64 bits per heavy atom. The summed E-state index contributed by atoms with van der Waals surface area (Å²) in [6.45, 7) is 8.94. The van der Waals surface area contributed by atoms with Crippen molar-refractivity contribution in [2.45, 2.75) is 19.8 Å². The standard InChI is InChI=1S/C19H26ClN3O2/c1-3-7-21-18(24)12-15(2)13-19(25)23-10-8-22(9-11-23)17-6-4-5-16(20)14-17/h3-6,14-15H,1,7-13H2,2H3,(H,21,24)/t15-/m1/s1. The fraction of sp³-hybridized carbons (Fsp3) is 0.474. The van der Waals surface area contributed by atoms with Crippen LogP contribution < -0.4 is 10.2 Å². The van der Waals surface area contributed by atoms with Crippen LogP contribution in [-0.2, 0) is 9.59 Å². The van der Waals surface area contributed by atoms with Crippen LogP contribution in [0.3, 0.4) is 0 Å². The van der Waals surface area contributed by atoms with Crippen LogP contribution in [0.1, 0.15) is 19.8 Å². The Balaban J connectivity index is 1.77. The van der Waals surface area contributed by atoms with E-state index in [0.717, 1.165) is 23.8 Å². The predicted octanol–water partition coefficient (Wildman–Crippen LogP) is 2.71. The third kappa shape index (κ3) is 6.09. The molecule has 1 heterocycles. The van der Waals surface area contributed by atoms with Gasteiger partial charge >= 0.3 is 0 Å². The van der Waals surface area contributed by atoms with E-state index in [0.29, 0.717) is 32.5 Å². The van der Waals surface area contributed by atoms with E-state index in [2.05, 4.69) is 16.8 Å². The third-order valence-electron chi connectivity index (χ3n) is 4.31. The highest BCUT2D eigenvalue weighted by molar-refractivity contribution is 6.30. The number of rotatable bonds is 7. The molecular formula is C19H26ClN3O2. The van der Waals surface area contributed by atoms with E-state index >= 15 is 0 Å². The number of amides is 2. The minimum atomic E-state index is -0.0361. The van der Waals surface area contributed by atoms with Crippen molar-refractivity contribution in [1.29, 1.82) is 0 Å². The largest absolute Gasteiger partial charge is 0.368 e. The second kappa shape index (κ2) is 9.47. The molecule has 1 N–H and O–H groups in total. The van der Waals surface area contributed by atoms with Gasteiger partial charge in [0.05, 0.1) is 0 Å².